The molecule has 0 amide bonds. The van der Waals surface area contributed by atoms with Crippen molar-refractivity contribution in [2.45, 2.75) is 26.4 Å². The molecular formula is C16H18ClNO. The molecule has 0 heterocycles. The van der Waals surface area contributed by atoms with Crippen molar-refractivity contribution in [1.29, 1.82) is 0 Å². The maximum Gasteiger partial charge on any atom is 0.150 e. The van der Waals surface area contributed by atoms with Crippen LogP contribution in [0.15, 0.2) is 48.5 Å². The molecule has 2 aromatic rings. The third-order valence-electron chi connectivity index (χ3n) is 2.71. The van der Waals surface area contributed by atoms with Gasteiger partial charge in [-0.25, -0.2) is 0 Å². The average Bonchev–Trinajstić information content (AvgIpc) is 2.40. The number of halogens is 1. The maximum absolute atomic E-state index is 6.24. The molecule has 0 unspecified atom stereocenters. The van der Waals surface area contributed by atoms with E-state index in [2.05, 4.69) is 19.2 Å². The van der Waals surface area contributed by atoms with E-state index in [0.29, 0.717) is 11.1 Å². The van der Waals surface area contributed by atoms with Gasteiger partial charge in [0.1, 0.15) is 11.5 Å². The van der Waals surface area contributed by atoms with Gasteiger partial charge in [-0.15, -0.1) is 0 Å². The predicted molar refractivity (Wildman–Crippen MR) is 79.9 cm³/mol. The van der Waals surface area contributed by atoms with E-state index >= 15 is 0 Å². The molecule has 100 valence electrons. The highest BCUT2D eigenvalue weighted by Gasteiger charge is 2.09. The van der Waals surface area contributed by atoms with Crippen molar-refractivity contribution < 1.29 is 4.74 Å². The van der Waals surface area contributed by atoms with Gasteiger partial charge in [-0.2, -0.15) is 0 Å². The Morgan fingerprint density at radius 1 is 1.05 bits per heavy atom. The molecule has 0 saturated carbocycles. The smallest absolute Gasteiger partial charge is 0.150 e. The fourth-order valence-electron chi connectivity index (χ4n) is 1.73. The fourth-order valence-corrected chi connectivity index (χ4v) is 1.96. The Bertz CT molecular complexity index is 526. The second kappa shape index (κ2) is 6.60. The minimum Gasteiger partial charge on any atom is -0.455 e. The van der Waals surface area contributed by atoms with Crippen molar-refractivity contribution in [2.24, 2.45) is 0 Å². The molecule has 0 aliphatic carbocycles. The second-order valence-electron chi connectivity index (χ2n) is 4.68. The lowest BCUT2D eigenvalue weighted by molar-refractivity contribution is 0.469. The summed E-state index contributed by atoms with van der Waals surface area (Å²) in [7, 11) is 0. The quantitative estimate of drug-likeness (QED) is 0.859. The van der Waals surface area contributed by atoms with Crippen LogP contribution < -0.4 is 10.1 Å². The summed E-state index contributed by atoms with van der Waals surface area (Å²) in [5, 5.41) is 4.01. The summed E-state index contributed by atoms with van der Waals surface area (Å²) in [5.41, 5.74) is 1.06. The first-order valence-electron chi connectivity index (χ1n) is 6.40. The molecule has 0 aliphatic heterocycles. The van der Waals surface area contributed by atoms with E-state index in [1.165, 1.54) is 0 Å². The standard InChI is InChI=1S/C16H18ClNO/c1-12(2)18-11-13-7-6-10-15(17)16(13)19-14-8-4-3-5-9-14/h3-10,12,18H,11H2,1-2H3. The van der Waals surface area contributed by atoms with Gasteiger partial charge in [0.25, 0.3) is 0 Å². The van der Waals surface area contributed by atoms with Crippen LogP contribution in [0.4, 0.5) is 0 Å². The number of para-hydroxylation sites is 2. The molecule has 2 nitrogen and oxygen atoms in total. The van der Waals surface area contributed by atoms with Crippen LogP contribution >= 0.6 is 11.6 Å². The topological polar surface area (TPSA) is 21.3 Å². The molecule has 0 spiro atoms. The zero-order valence-corrected chi connectivity index (χ0v) is 11.9. The highest BCUT2D eigenvalue weighted by atomic mass is 35.5. The van der Waals surface area contributed by atoms with E-state index in [4.69, 9.17) is 16.3 Å². The molecule has 1 N–H and O–H groups in total. The number of benzene rings is 2. The van der Waals surface area contributed by atoms with Crippen molar-refractivity contribution in [3.8, 4) is 11.5 Å². The lowest BCUT2D eigenvalue weighted by Gasteiger charge is -2.14. The van der Waals surface area contributed by atoms with Gasteiger partial charge in [0.05, 0.1) is 5.02 Å². The summed E-state index contributed by atoms with van der Waals surface area (Å²) in [6.45, 7) is 4.96. The van der Waals surface area contributed by atoms with Gasteiger partial charge in [-0.3, -0.25) is 0 Å². The number of hydrogen-bond acceptors (Lipinski definition) is 2. The van der Waals surface area contributed by atoms with E-state index < -0.39 is 0 Å². The van der Waals surface area contributed by atoms with Gasteiger partial charge in [0.2, 0.25) is 0 Å². The van der Waals surface area contributed by atoms with Gasteiger partial charge in [-0.05, 0) is 18.2 Å². The molecule has 19 heavy (non-hydrogen) atoms. The van der Waals surface area contributed by atoms with Crippen LogP contribution in [0.3, 0.4) is 0 Å². The van der Waals surface area contributed by atoms with Crippen LogP contribution in [0.5, 0.6) is 11.5 Å². The Labute approximate surface area is 119 Å². The van der Waals surface area contributed by atoms with Crippen LogP contribution in [0.1, 0.15) is 19.4 Å². The zero-order chi connectivity index (χ0) is 13.7. The Hall–Kier alpha value is -1.51. The van der Waals surface area contributed by atoms with Crippen LogP contribution in [-0.4, -0.2) is 6.04 Å². The second-order valence-corrected chi connectivity index (χ2v) is 5.09. The van der Waals surface area contributed by atoms with Gasteiger partial charge in [-0.1, -0.05) is 55.8 Å². The molecule has 3 heteroatoms. The highest BCUT2D eigenvalue weighted by molar-refractivity contribution is 6.32. The molecule has 0 radical (unpaired) electrons. The summed E-state index contributed by atoms with van der Waals surface area (Å²) in [4.78, 5) is 0. The summed E-state index contributed by atoms with van der Waals surface area (Å²) >= 11 is 6.24. The fraction of sp³-hybridized carbons (Fsp3) is 0.250. The lowest BCUT2D eigenvalue weighted by Crippen LogP contribution is -2.22. The largest absolute Gasteiger partial charge is 0.455 e. The Morgan fingerprint density at radius 2 is 1.79 bits per heavy atom. The molecule has 0 aromatic heterocycles. The molecule has 0 fully saturated rings. The number of rotatable bonds is 5. The molecule has 0 aliphatic rings. The average molecular weight is 276 g/mol. The van der Waals surface area contributed by atoms with E-state index in [0.717, 1.165) is 23.6 Å². The molecule has 0 saturated heterocycles. The van der Waals surface area contributed by atoms with E-state index in [-0.39, 0.29) is 0 Å². The molecular weight excluding hydrogens is 258 g/mol. The normalized spacial score (nSPS) is 10.7. The summed E-state index contributed by atoms with van der Waals surface area (Å²) in [6, 6.07) is 15.9. The highest BCUT2D eigenvalue weighted by Crippen LogP contribution is 2.32. The van der Waals surface area contributed by atoms with Crippen LogP contribution in [0.25, 0.3) is 0 Å². The molecule has 0 bridgehead atoms. The summed E-state index contributed by atoms with van der Waals surface area (Å²) in [6.07, 6.45) is 0. The van der Waals surface area contributed by atoms with E-state index in [1.807, 2.05) is 48.5 Å². The lowest BCUT2D eigenvalue weighted by atomic mass is 10.2. The molecule has 0 atom stereocenters. The minimum absolute atomic E-state index is 0.420. The van der Waals surface area contributed by atoms with Crippen LogP contribution in [-0.2, 0) is 6.54 Å². The summed E-state index contributed by atoms with van der Waals surface area (Å²) < 4.78 is 5.90. The summed E-state index contributed by atoms with van der Waals surface area (Å²) in [5.74, 6) is 1.52. The van der Waals surface area contributed by atoms with Gasteiger partial charge < -0.3 is 10.1 Å². The number of hydrogen-bond donors (Lipinski definition) is 1. The Kier molecular flexibility index (Phi) is 4.83. The first kappa shape index (κ1) is 13.9. The first-order valence-corrected chi connectivity index (χ1v) is 6.78. The van der Waals surface area contributed by atoms with Gasteiger partial charge in [0.15, 0.2) is 0 Å². The Morgan fingerprint density at radius 3 is 2.47 bits per heavy atom. The monoisotopic (exact) mass is 275 g/mol. The first-order chi connectivity index (χ1) is 9.16. The number of nitrogens with one attached hydrogen (secondary N) is 1. The SMILES string of the molecule is CC(C)NCc1cccc(Cl)c1Oc1ccccc1. The van der Waals surface area contributed by atoms with Crippen LogP contribution in [0, 0.1) is 0 Å². The molecule has 2 rings (SSSR count). The molecule has 2 aromatic carbocycles. The van der Waals surface area contributed by atoms with Gasteiger partial charge >= 0.3 is 0 Å². The third kappa shape index (κ3) is 3.98. The van der Waals surface area contributed by atoms with Crippen LogP contribution in [0.2, 0.25) is 5.02 Å². The number of ether oxygens (including phenoxy) is 1. The third-order valence-corrected chi connectivity index (χ3v) is 3.01. The van der Waals surface area contributed by atoms with Crippen molar-refractivity contribution in [2.75, 3.05) is 0 Å². The van der Waals surface area contributed by atoms with Crippen molar-refractivity contribution in [3.63, 3.8) is 0 Å². The van der Waals surface area contributed by atoms with Crippen molar-refractivity contribution in [1.82, 2.24) is 5.32 Å². The van der Waals surface area contributed by atoms with Crippen molar-refractivity contribution in [3.05, 3.63) is 59.1 Å². The minimum atomic E-state index is 0.420. The van der Waals surface area contributed by atoms with Crippen molar-refractivity contribution >= 4 is 11.6 Å². The van der Waals surface area contributed by atoms with E-state index in [9.17, 15) is 0 Å². The van der Waals surface area contributed by atoms with E-state index in [1.54, 1.807) is 0 Å². The Balaban J connectivity index is 2.22. The van der Waals surface area contributed by atoms with Gasteiger partial charge in [0, 0.05) is 18.2 Å². The maximum atomic E-state index is 6.24. The zero-order valence-electron chi connectivity index (χ0n) is 11.2. The predicted octanol–water partition coefficient (Wildman–Crippen LogP) is 4.63.